The third kappa shape index (κ3) is 1.37. The molecule has 0 radical (unpaired) electrons. The average Bonchev–Trinajstić information content (AvgIpc) is 2.54. The second kappa shape index (κ2) is 3.35. The molecule has 1 heterocycles. The van der Waals surface area contributed by atoms with Gasteiger partial charge in [0, 0.05) is 11.8 Å². The normalized spacial score (nSPS) is 13.9. The van der Waals surface area contributed by atoms with Crippen LogP contribution in [0.2, 0.25) is 0 Å². The SMILES string of the molecule is C1=Cc2ccc3ccccc3c2C=NC1. The molecule has 72 valence electrons. The summed E-state index contributed by atoms with van der Waals surface area (Å²) in [6.45, 7) is 0.781. The summed E-state index contributed by atoms with van der Waals surface area (Å²) in [5, 5.41) is 2.56. The van der Waals surface area contributed by atoms with Gasteiger partial charge in [-0.05, 0) is 16.3 Å². The van der Waals surface area contributed by atoms with Gasteiger partial charge in [-0.1, -0.05) is 48.6 Å². The van der Waals surface area contributed by atoms with E-state index in [1.807, 2.05) is 6.21 Å². The van der Waals surface area contributed by atoms with Crippen molar-refractivity contribution < 1.29 is 0 Å². The van der Waals surface area contributed by atoms with E-state index in [4.69, 9.17) is 0 Å². The van der Waals surface area contributed by atoms with Crippen molar-refractivity contribution in [2.24, 2.45) is 4.99 Å². The lowest BCUT2D eigenvalue weighted by atomic mass is 10.00. The molecule has 15 heavy (non-hydrogen) atoms. The molecule has 1 nitrogen and oxygen atoms in total. The first-order valence-electron chi connectivity index (χ1n) is 5.13. The lowest BCUT2D eigenvalue weighted by Gasteiger charge is -2.04. The van der Waals surface area contributed by atoms with E-state index in [9.17, 15) is 0 Å². The maximum absolute atomic E-state index is 4.35. The van der Waals surface area contributed by atoms with E-state index < -0.39 is 0 Å². The molecule has 0 atom stereocenters. The average molecular weight is 193 g/mol. The molecule has 2 aromatic rings. The van der Waals surface area contributed by atoms with Crippen LogP contribution >= 0.6 is 0 Å². The zero-order valence-electron chi connectivity index (χ0n) is 8.35. The quantitative estimate of drug-likeness (QED) is 0.608. The van der Waals surface area contributed by atoms with Crippen LogP contribution in [0.3, 0.4) is 0 Å². The van der Waals surface area contributed by atoms with Gasteiger partial charge in [0.1, 0.15) is 0 Å². The van der Waals surface area contributed by atoms with Gasteiger partial charge in [-0.15, -0.1) is 0 Å². The van der Waals surface area contributed by atoms with Gasteiger partial charge in [-0.3, -0.25) is 4.99 Å². The molecule has 0 bridgehead atoms. The van der Waals surface area contributed by atoms with E-state index in [1.165, 1.54) is 21.9 Å². The summed E-state index contributed by atoms with van der Waals surface area (Å²) in [6.07, 6.45) is 6.23. The highest BCUT2D eigenvalue weighted by molar-refractivity contribution is 6.03. The van der Waals surface area contributed by atoms with E-state index >= 15 is 0 Å². The molecule has 0 fully saturated rings. The van der Waals surface area contributed by atoms with Gasteiger partial charge in [0.15, 0.2) is 0 Å². The summed E-state index contributed by atoms with van der Waals surface area (Å²) in [7, 11) is 0. The minimum atomic E-state index is 0.781. The lowest BCUT2D eigenvalue weighted by molar-refractivity contribution is 1.27. The van der Waals surface area contributed by atoms with Crippen LogP contribution in [0.4, 0.5) is 0 Å². The Hall–Kier alpha value is -1.89. The van der Waals surface area contributed by atoms with Crippen molar-refractivity contribution in [2.45, 2.75) is 0 Å². The number of hydrogen-bond donors (Lipinski definition) is 0. The molecule has 3 rings (SSSR count). The standard InChI is InChI=1S/C14H11N/c1-2-6-13-11(4-1)7-8-12-5-3-9-15-10-14(12)13/h1-8,10H,9H2. The highest BCUT2D eigenvalue weighted by atomic mass is 14.7. The molecule has 0 N–H and O–H groups in total. The summed E-state index contributed by atoms with van der Waals surface area (Å²) in [5.41, 5.74) is 2.50. The van der Waals surface area contributed by atoms with Gasteiger partial charge in [0.2, 0.25) is 0 Å². The highest BCUT2D eigenvalue weighted by Crippen LogP contribution is 2.23. The number of nitrogens with zero attached hydrogens (tertiary/aromatic N) is 1. The third-order valence-electron chi connectivity index (χ3n) is 2.73. The number of rotatable bonds is 0. The zero-order chi connectivity index (χ0) is 10.1. The van der Waals surface area contributed by atoms with Crippen molar-refractivity contribution in [3.63, 3.8) is 0 Å². The molecule has 1 heteroatoms. The second-order valence-electron chi connectivity index (χ2n) is 3.69. The molecule has 0 saturated carbocycles. The van der Waals surface area contributed by atoms with Crippen molar-refractivity contribution in [1.29, 1.82) is 0 Å². The predicted molar refractivity (Wildman–Crippen MR) is 65.4 cm³/mol. The first kappa shape index (κ1) is 8.42. The fourth-order valence-corrected chi connectivity index (χ4v) is 1.99. The largest absolute Gasteiger partial charge is 0.288 e. The molecule has 0 aliphatic carbocycles. The van der Waals surface area contributed by atoms with Gasteiger partial charge in [0.05, 0.1) is 6.54 Å². The van der Waals surface area contributed by atoms with Crippen LogP contribution in [0.25, 0.3) is 16.8 Å². The predicted octanol–water partition coefficient (Wildman–Crippen LogP) is 3.29. The second-order valence-corrected chi connectivity index (χ2v) is 3.69. The Morgan fingerprint density at radius 1 is 1.00 bits per heavy atom. The van der Waals surface area contributed by atoms with Crippen LogP contribution < -0.4 is 0 Å². The highest BCUT2D eigenvalue weighted by Gasteiger charge is 2.04. The summed E-state index contributed by atoms with van der Waals surface area (Å²) in [5.74, 6) is 0. The van der Waals surface area contributed by atoms with Gasteiger partial charge in [-0.2, -0.15) is 0 Å². The van der Waals surface area contributed by atoms with Crippen molar-refractivity contribution in [1.82, 2.24) is 0 Å². The van der Waals surface area contributed by atoms with Gasteiger partial charge >= 0.3 is 0 Å². The van der Waals surface area contributed by atoms with E-state index in [-0.39, 0.29) is 0 Å². The van der Waals surface area contributed by atoms with Crippen LogP contribution in [-0.2, 0) is 0 Å². The monoisotopic (exact) mass is 193 g/mol. The fraction of sp³-hybridized carbons (Fsp3) is 0.0714. The number of aliphatic imine (C=N–C) groups is 1. The minimum absolute atomic E-state index is 0.781. The van der Waals surface area contributed by atoms with Crippen LogP contribution in [0.1, 0.15) is 11.1 Å². The van der Waals surface area contributed by atoms with Crippen LogP contribution in [-0.4, -0.2) is 12.8 Å². The van der Waals surface area contributed by atoms with Crippen molar-refractivity contribution in [3.8, 4) is 0 Å². The number of hydrogen-bond acceptors (Lipinski definition) is 1. The Bertz CT molecular complexity index is 565. The molecule has 0 unspecified atom stereocenters. The summed E-state index contributed by atoms with van der Waals surface area (Å²) < 4.78 is 0. The topological polar surface area (TPSA) is 12.4 Å². The molecule has 0 aromatic heterocycles. The molecule has 2 aromatic carbocycles. The lowest BCUT2D eigenvalue weighted by Crippen LogP contribution is -1.88. The molecule has 1 aliphatic heterocycles. The molecular weight excluding hydrogens is 182 g/mol. The minimum Gasteiger partial charge on any atom is -0.288 e. The van der Waals surface area contributed by atoms with Crippen LogP contribution in [0.5, 0.6) is 0 Å². The smallest absolute Gasteiger partial charge is 0.0573 e. The first-order chi connectivity index (χ1) is 7.45. The van der Waals surface area contributed by atoms with Crippen molar-refractivity contribution in [2.75, 3.05) is 6.54 Å². The first-order valence-corrected chi connectivity index (χ1v) is 5.13. The maximum atomic E-state index is 4.35. The fourth-order valence-electron chi connectivity index (χ4n) is 1.99. The van der Waals surface area contributed by atoms with Gasteiger partial charge in [0.25, 0.3) is 0 Å². The number of fused-ring (bicyclic) bond motifs is 3. The van der Waals surface area contributed by atoms with Crippen molar-refractivity contribution >= 4 is 23.1 Å². The summed E-state index contributed by atoms with van der Waals surface area (Å²) in [6, 6.07) is 12.8. The molecule has 0 saturated heterocycles. The molecule has 0 spiro atoms. The van der Waals surface area contributed by atoms with Crippen LogP contribution in [0, 0.1) is 0 Å². The summed E-state index contributed by atoms with van der Waals surface area (Å²) in [4.78, 5) is 4.35. The van der Waals surface area contributed by atoms with Gasteiger partial charge < -0.3 is 0 Å². The number of benzene rings is 2. The molecule has 0 amide bonds. The molecular formula is C14H11N. The Labute approximate surface area is 88.8 Å². The Balaban J connectivity index is 2.42. The third-order valence-corrected chi connectivity index (χ3v) is 2.73. The van der Waals surface area contributed by atoms with Crippen molar-refractivity contribution in [3.05, 3.63) is 53.6 Å². The van der Waals surface area contributed by atoms with E-state index in [1.54, 1.807) is 0 Å². The van der Waals surface area contributed by atoms with E-state index in [2.05, 4.69) is 53.5 Å². The molecule has 1 aliphatic rings. The zero-order valence-corrected chi connectivity index (χ0v) is 8.35. The Morgan fingerprint density at radius 3 is 2.93 bits per heavy atom. The Morgan fingerprint density at radius 2 is 1.93 bits per heavy atom. The van der Waals surface area contributed by atoms with Gasteiger partial charge in [-0.25, -0.2) is 0 Å². The van der Waals surface area contributed by atoms with Crippen LogP contribution in [0.15, 0.2) is 47.5 Å². The summed E-state index contributed by atoms with van der Waals surface area (Å²) >= 11 is 0. The van der Waals surface area contributed by atoms with E-state index in [0.717, 1.165) is 6.54 Å². The van der Waals surface area contributed by atoms with E-state index in [0.29, 0.717) is 0 Å². The Kier molecular flexibility index (Phi) is 1.88. The maximum Gasteiger partial charge on any atom is 0.0573 e.